The summed E-state index contributed by atoms with van der Waals surface area (Å²) in [4.78, 5) is 45.1. The van der Waals surface area contributed by atoms with Crippen LogP contribution in [0.4, 0.5) is 11.4 Å². The number of rotatable bonds is 5. The summed E-state index contributed by atoms with van der Waals surface area (Å²) in [5.41, 5.74) is 4.58. The highest BCUT2D eigenvalue weighted by Crippen LogP contribution is 2.38. The van der Waals surface area contributed by atoms with Gasteiger partial charge in [0.1, 0.15) is 0 Å². The Labute approximate surface area is 202 Å². The number of aromatic nitrogens is 3. The van der Waals surface area contributed by atoms with Gasteiger partial charge in [-0.25, -0.2) is 4.52 Å². The van der Waals surface area contributed by atoms with Gasteiger partial charge in [0, 0.05) is 37.0 Å². The van der Waals surface area contributed by atoms with E-state index in [4.69, 9.17) is 0 Å². The molecule has 3 aromatic heterocycles. The zero-order chi connectivity index (χ0) is 23.2. The van der Waals surface area contributed by atoms with Crippen molar-refractivity contribution in [2.45, 2.75) is 25.7 Å². The van der Waals surface area contributed by atoms with Crippen molar-refractivity contribution in [3.8, 4) is 10.7 Å². The number of hydrogen-bond acceptors (Lipinski definition) is 7. The SMILES string of the molecule is O=C(NCCc1csc2nc(-c3cccs3)nn12)C(=O)Nc1cc2c3c(c1)CCN3C(=O)CC2. The number of hydrogen-bond donors (Lipinski definition) is 2. The predicted octanol–water partition coefficient (Wildman–Crippen LogP) is 2.65. The summed E-state index contributed by atoms with van der Waals surface area (Å²) in [5, 5.41) is 13.9. The second kappa shape index (κ2) is 8.33. The van der Waals surface area contributed by atoms with E-state index in [1.54, 1.807) is 15.9 Å². The molecule has 2 aliphatic rings. The fourth-order valence-electron chi connectivity index (χ4n) is 4.51. The molecule has 0 saturated carbocycles. The van der Waals surface area contributed by atoms with Crippen LogP contribution in [-0.2, 0) is 33.6 Å². The maximum absolute atomic E-state index is 12.5. The van der Waals surface area contributed by atoms with Gasteiger partial charge >= 0.3 is 11.8 Å². The van der Waals surface area contributed by atoms with Crippen LogP contribution in [0, 0.1) is 0 Å². The first kappa shape index (κ1) is 21.0. The van der Waals surface area contributed by atoms with Crippen molar-refractivity contribution in [3.63, 3.8) is 0 Å². The first-order chi connectivity index (χ1) is 16.6. The second-order valence-corrected chi connectivity index (χ2v) is 10.0. The Kier molecular flexibility index (Phi) is 5.15. The maximum Gasteiger partial charge on any atom is 0.313 e. The Morgan fingerprint density at radius 3 is 2.76 bits per heavy atom. The van der Waals surface area contributed by atoms with Crippen LogP contribution >= 0.6 is 22.7 Å². The number of carbonyl (C=O) groups excluding carboxylic acids is 3. The van der Waals surface area contributed by atoms with Crippen molar-refractivity contribution < 1.29 is 14.4 Å². The van der Waals surface area contributed by atoms with Gasteiger partial charge < -0.3 is 15.5 Å². The van der Waals surface area contributed by atoms with E-state index < -0.39 is 11.8 Å². The lowest BCUT2D eigenvalue weighted by Gasteiger charge is -2.25. The summed E-state index contributed by atoms with van der Waals surface area (Å²) in [6.07, 6.45) is 2.41. The topological polar surface area (TPSA) is 109 Å². The van der Waals surface area contributed by atoms with Crippen LogP contribution in [-0.4, -0.2) is 45.4 Å². The standard InChI is InChI=1S/C23H20N6O3S2/c30-18-4-3-13-10-15(11-14-6-8-28(18)19(13)14)25-22(32)21(31)24-7-5-16-12-34-23-26-20(27-29(16)23)17-2-1-9-33-17/h1-2,9-12H,3-8H2,(H,24,31)(H,25,32). The molecule has 11 heteroatoms. The molecule has 4 aromatic rings. The molecule has 3 amide bonds. The van der Waals surface area contributed by atoms with Gasteiger partial charge in [0.25, 0.3) is 0 Å². The number of thiazole rings is 1. The van der Waals surface area contributed by atoms with Crippen LogP contribution in [0.5, 0.6) is 0 Å². The van der Waals surface area contributed by atoms with Crippen LogP contribution in [0.15, 0.2) is 35.0 Å². The third-order valence-electron chi connectivity index (χ3n) is 6.07. The van der Waals surface area contributed by atoms with Crippen molar-refractivity contribution >= 4 is 56.7 Å². The highest BCUT2D eigenvalue weighted by Gasteiger charge is 2.31. The fourth-order valence-corrected chi connectivity index (χ4v) is 6.02. The molecule has 6 rings (SSSR count). The van der Waals surface area contributed by atoms with E-state index in [0.717, 1.165) is 38.8 Å². The molecule has 0 radical (unpaired) electrons. The molecule has 0 saturated heterocycles. The smallest absolute Gasteiger partial charge is 0.313 e. The lowest BCUT2D eigenvalue weighted by molar-refractivity contribution is -0.136. The van der Waals surface area contributed by atoms with Gasteiger partial charge in [-0.1, -0.05) is 6.07 Å². The highest BCUT2D eigenvalue weighted by atomic mass is 32.1. The monoisotopic (exact) mass is 492 g/mol. The van der Waals surface area contributed by atoms with E-state index in [1.807, 2.05) is 39.9 Å². The van der Waals surface area contributed by atoms with Crippen LogP contribution in [0.25, 0.3) is 15.7 Å². The first-order valence-corrected chi connectivity index (χ1v) is 12.7. The third kappa shape index (κ3) is 3.66. The molecule has 34 heavy (non-hydrogen) atoms. The van der Waals surface area contributed by atoms with Gasteiger partial charge in [-0.15, -0.1) is 27.8 Å². The number of fused-ring (bicyclic) bond motifs is 1. The highest BCUT2D eigenvalue weighted by molar-refractivity contribution is 7.15. The van der Waals surface area contributed by atoms with Crippen molar-refractivity contribution in [1.29, 1.82) is 0 Å². The molecule has 0 atom stereocenters. The number of anilines is 2. The molecule has 2 aliphatic heterocycles. The van der Waals surface area contributed by atoms with E-state index in [2.05, 4.69) is 20.7 Å². The first-order valence-electron chi connectivity index (χ1n) is 11.0. The summed E-state index contributed by atoms with van der Waals surface area (Å²) < 4.78 is 1.79. The van der Waals surface area contributed by atoms with Crippen molar-refractivity contribution in [3.05, 3.63) is 51.8 Å². The largest absolute Gasteiger partial charge is 0.347 e. The maximum atomic E-state index is 12.5. The Balaban J connectivity index is 1.08. The fraction of sp³-hybridized carbons (Fsp3) is 0.261. The summed E-state index contributed by atoms with van der Waals surface area (Å²) >= 11 is 3.08. The second-order valence-electron chi connectivity index (χ2n) is 8.23. The minimum absolute atomic E-state index is 0.152. The van der Waals surface area contributed by atoms with Gasteiger partial charge in [-0.2, -0.15) is 4.98 Å². The molecule has 1 aromatic carbocycles. The Bertz CT molecular complexity index is 1440. The molecular formula is C23H20N6O3S2. The van der Waals surface area contributed by atoms with Gasteiger partial charge in [0.05, 0.1) is 16.3 Å². The summed E-state index contributed by atoms with van der Waals surface area (Å²) in [6.45, 7) is 0.980. The van der Waals surface area contributed by atoms with Crippen molar-refractivity contribution in [2.24, 2.45) is 0 Å². The van der Waals surface area contributed by atoms with Gasteiger partial charge in [0.15, 0.2) is 5.82 Å². The van der Waals surface area contributed by atoms with Crippen LogP contribution in [0.2, 0.25) is 0 Å². The Morgan fingerprint density at radius 2 is 1.94 bits per heavy atom. The minimum Gasteiger partial charge on any atom is -0.347 e. The van der Waals surface area contributed by atoms with Gasteiger partial charge in [-0.3, -0.25) is 14.4 Å². The normalized spacial score (nSPS) is 14.5. The molecule has 2 N–H and O–H groups in total. The summed E-state index contributed by atoms with van der Waals surface area (Å²) in [5.74, 6) is -0.549. The zero-order valence-corrected chi connectivity index (χ0v) is 19.7. The molecule has 172 valence electrons. The lowest BCUT2D eigenvalue weighted by atomic mass is 9.98. The van der Waals surface area contributed by atoms with E-state index in [1.165, 1.54) is 11.3 Å². The van der Waals surface area contributed by atoms with Crippen LogP contribution in [0.1, 0.15) is 23.2 Å². The number of thiophene rings is 1. The molecule has 0 aliphatic carbocycles. The number of benzene rings is 1. The Hall–Kier alpha value is -3.57. The molecule has 5 heterocycles. The number of nitrogens with one attached hydrogen (secondary N) is 2. The zero-order valence-electron chi connectivity index (χ0n) is 18.0. The average Bonchev–Trinajstić information content (AvgIpc) is 3.61. The quantitative estimate of drug-likeness (QED) is 0.417. The van der Waals surface area contributed by atoms with Gasteiger partial charge in [-0.05, 0) is 47.5 Å². The third-order valence-corrected chi connectivity index (χ3v) is 7.80. The Morgan fingerprint density at radius 1 is 1.09 bits per heavy atom. The predicted molar refractivity (Wildman–Crippen MR) is 130 cm³/mol. The van der Waals surface area contributed by atoms with Crippen LogP contribution in [0.3, 0.4) is 0 Å². The molecule has 0 unspecified atom stereocenters. The summed E-state index contributed by atoms with van der Waals surface area (Å²) in [6, 6.07) is 7.67. The molecule has 0 bridgehead atoms. The molecular weight excluding hydrogens is 472 g/mol. The van der Waals surface area contributed by atoms with E-state index in [9.17, 15) is 14.4 Å². The minimum atomic E-state index is -0.704. The van der Waals surface area contributed by atoms with Gasteiger partial charge in [0.2, 0.25) is 10.9 Å². The molecule has 9 nitrogen and oxygen atoms in total. The van der Waals surface area contributed by atoms with Crippen molar-refractivity contribution in [1.82, 2.24) is 19.9 Å². The van der Waals surface area contributed by atoms with E-state index in [0.29, 0.717) is 43.9 Å². The number of carbonyl (C=O) groups is 3. The lowest BCUT2D eigenvalue weighted by Crippen LogP contribution is -2.36. The average molecular weight is 493 g/mol. The summed E-state index contributed by atoms with van der Waals surface area (Å²) in [7, 11) is 0. The molecule has 0 spiro atoms. The van der Waals surface area contributed by atoms with Crippen LogP contribution < -0.4 is 15.5 Å². The van der Waals surface area contributed by atoms with Crippen molar-refractivity contribution in [2.75, 3.05) is 23.3 Å². The number of aryl methyl sites for hydroxylation is 1. The van der Waals surface area contributed by atoms with E-state index >= 15 is 0 Å². The van der Waals surface area contributed by atoms with E-state index in [-0.39, 0.29) is 5.91 Å². The number of nitrogens with zero attached hydrogens (tertiary/aromatic N) is 4. The molecule has 0 fully saturated rings. The number of amides is 3.